The summed E-state index contributed by atoms with van der Waals surface area (Å²) in [6, 6.07) is 2.46. The molecule has 0 aliphatic heterocycles. The van der Waals surface area contributed by atoms with E-state index in [1.54, 1.807) is 5.48 Å². The fourth-order valence-corrected chi connectivity index (χ4v) is 1.08. The number of nitrogens with one attached hydrogen (secondary N) is 2. The van der Waals surface area contributed by atoms with Crippen LogP contribution < -0.4 is 28.4 Å². The van der Waals surface area contributed by atoms with Crippen LogP contribution in [0.2, 0.25) is 0 Å². The lowest BCUT2D eigenvalue weighted by Gasteiger charge is -2.12. The van der Waals surface area contributed by atoms with E-state index in [0.717, 1.165) is 12.1 Å². The van der Waals surface area contributed by atoms with E-state index in [0.29, 0.717) is 6.07 Å². The van der Waals surface area contributed by atoms with Crippen molar-refractivity contribution in [1.29, 1.82) is 0 Å². The van der Waals surface area contributed by atoms with Crippen LogP contribution in [-0.4, -0.2) is 12.3 Å². The van der Waals surface area contributed by atoms with Crippen molar-refractivity contribution in [2.24, 2.45) is 17.5 Å². The first-order chi connectivity index (χ1) is 8.86. The number of halogens is 4. The predicted molar refractivity (Wildman–Crippen MR) is 61.7 cm³/mol. The van der Waals surface area contributed by atoms with Crippen LogP contribution in [0.1, 0.15) is 11.1 Å². The first-order valence-electron chi connectivity index (χ1n) is 4.80. The van der Waals surface area contributed by atoms with Gasteiger partial charge in [-0.3, -0.25) is 23.0 Å². The van der Waals surface area contributed by atoms with Crippen molar-refractivity contribution in [3.63, 3.8) is 0 Å². The van der Waals surface area contributed by atoms with Gasteiger partial charge < -0.3 is 5.21 Å². The topological polar surface area (TPSA) is 122 Å². The van der Waals surface area contributed by atoms with Crippen LogP contribution in [-0.2, 0) is 12.7 Å². The van der Waals surface area contributed by atoms with Gasteiger partial charge in [0.25, 0.3) is 0 Å². The van der Waals surface area contributed by atoms with Crippen LogP contribution >= 0.6 is 0 Å². The minimum Gasteiger partial charge on any atom is -0.317 e. The van der Waals surface area contributed by atoms with E-state index >= 15 is 0 Å². The van der Waals surface area contributed by atoms with Crippen LogP contribution in [0.25, 0.3) is 0 Å². The summed E-state index contributed by atoms with van der Waals surface area (Å²) in [7, 11) is 1.43. The van der Waals surface area contributed by atoms with Gasteiger partial charge >= 0.3 is 6.18 Å². The number of hydroxylamine groups is 1. The Morgan fingerprint density at radius 3 is 2.11 bits per heavy atom. The standard InChI is InChI=1S/C8H8F4N2.CH5NO.H4N2/c9-6-2-1-5(4-14-13)7(3-6)8(10,11)12;1-2-3;1-2/h1-3,14H,4,13H2;2-3H,1H3;1-2H2. The summed E-state index contributed by atoms with van der Waals surface area (Å²) in [6.45, 7) is -0.158. The lowest BCUT2D eigenvalue weighted by molar-refractivity contribution is -0.138. The summed E-state index contributed by atoms with van der Waals surface area (Å²) in [4.78, 5) is 0. The Bertz CT molecular complexity index is 348. The maximum absolute atomic E-state index is 12.6. The van der Waals surface area contributed by atoms with E-state index < -0.39 is 17.6 Å². The van der Waals surface area contributed by atoms with Gasteiger partial charge in [-0.1, -0.05) is 6.07 Å². The zero-order chi connectivity index (χ0) is 15.5. The largest absolute Gasteiger partial charge is 0.416 e. The van der Waals surface area contributed by atoms with E-state index in [2.05, 4.69) is 17.1 Å². The lowest BCUT2D eigenvalue weighted by atomic mass is 10.1. The molecule has 0 fully saturated rings. The molecule has 112 valence electrons. The molecule has 0 aromatic heterocycles. The molecule has 1 aromatic rings. The number of benzene rings is 1. The van der Waals surface area contributed by atoms with Crippen molar-refractivity contribution in [1.82, 2.24) is 10.9 Å². The third-order valence-electron chi connectivity index (χ3n) is 1.67. The molecule has 0 saturated carbocycles. The van der Waals surface area contributed by atoms with E-state index in [9.17, 15) is 17.6 Å². The van der Waals surface area contributed by atoms with Gasteiger partial charge in [-0.05, 0) is 17.7 Å². The first kappa shape index (κ1) is 20.0. The van der Waals surface area contributed by atoms with Crippen LogP contribution in [0.3, 0.4) is 0 Å². The molecule has 0 aliphatic carbocycles. The molecule has 0 aliphatic rings. The van der Waals surface area contributed by atoms with Crippen LogP contribution in [0.5, 0.6) is 0 Å². The normalized spacial score (nSPS) is 9.95. The Hall–Kier alpha value is -1.30. The van der Waals surface area contributed by atoms with E-state index in [4.69, 9.17) is 11.0 Å². The summed E-state index contributed by atoms with van der Waals surface area (Å²) >= 11 is 0. The van der Waals surface area contributed by atoms with Gasteiger partial charge in [0.1, 0.15) is 5.82 Å². The number of hydrazine groups is 2. The summed E-state index contributed by atoms with van der Waals surface area (Å²) in [5, 5.41) is 7.32. The smallest absolute Gasteiger partial charge is 0.317 e. The molecule has 0 saturated heterocycles. The first-order valence-corrected chi connectivity index (χ1v) is 4.80. The van der Waals surface area contributed by atoms with Gasteiger partial charge in [0.2, 0.25) is 0 Å². The number of alkyl halides is 3. The van der Waals surface area contributed by atoms with E-state index in [-0.39, 0.29) is 12.1 Å². The fourth-order valence-electron chi connectivity index (χ4n) is 1.08. The summed E-state index contributed by atoms with van der Waals surface area (Å²) in [6.07, 6.45) is -4.56. The average molecular weight is 287 g/mol. The van der Waals surface area contributed by atoms with Crippen molar-refractivity contribution in [2.75, 3.05) is 7.05 Å². The highest BCUT2D eigenvalue weighted by Crippen LogP contribution is 2.32. The van der Waals surface area contributed by atoms with Crippen molar-refractivity contribution < 1.29 is 22.8 Å². The Labute approximate surface area is 107 Å². The molecule has 0 amide bonds. The molecular formula is C9H17F4N5O. The molecule has 0 atom stereocenters. The monoisotopic (exact) mass is 287 g/mol. The molecule has 1 aromatic carbocycles. The summed E-state index contributed by atoms with van der Waals surface area (Å²) < 4.78 is 49.5. The number of rotatable bonds is 2. The highest BCUT2D eigenvalue weighted by Gasteiger charge is 2.33. The molecular weight excluding hydrogens is 270 g/mol. The van der Waals surface area contributed by atoms with Crippen LogP contribution in [0.4, 0.5) is 17.6 Å². The highest BCUT2D eigenvalue weighted by molar-refractivity contribution is 5.30. The number of nitrogens with two attached hydrogens (primary N) is 3. The third kappa shape index (κ3) is 8.42. The second-order valence-electron chi connectivity index (χ2n) is 2.90. The molecule has 1 rings (SSSR count). The summed E-state index contributed by atoms with van der Waals surface area (Å²) in [5.74, 6) is 12.0. The SMILES string of the molecule is CNO.NN.NNCc1ccc(F)cc1C(F)(F)F. The summed E-state index contributed by atoms with van der Waals surface area (Å²) in [5.41, 5.74) is 2.76. The van der Waals surface area contributed by atoms with Gasteiger partial charge in [-0.2, -0.15) is 13.2 Å². The Balaban J connectivity index is 0. The second kappa shape index (κ2) is 10.6. The van der Waals surface area contributed by atoms with Gasteiger partial charge in [-0.25, -0.2) is 9.87 Å². The van der Waals surface area contributed by atoms with Crippen molar-refractivity contribution in [3.05, 3.63) is 35.1 Å². The Morgan fingerprint density at radius 1 is 1.26 bits per heavy atom. The Kier molecular flexibility index (Phi) is 11.2. The van der Waals surface area contributed by atoms with Crippen LogP contribution in [0.15, 0.2) is 18.2 Å². The maximum Gasteiger partial charge on any atom is 0.416 e. The zero-order valence-electron chi connectivity index (χ0n) is 10.1. The minimum absolute atomic E-state index is 0.0820. The highest BCUT2D eigenvalue weighted by atomic mass is 19.4. The molecule has 0 heterocycles. The third-order valence-corrected chi connectivity index (χ3v) is 1.67. The zero-order valence-corrected chi connectivity index (χ0v) is 10.1. The molecule has 19 heavy (non-hydrogen) atoms. The van der Waals surface area contributed by atoms with Gasteiger partial charge in [0.05, 0.1) is 5.56 Å². The van der Waals surface area contributed by atoms with E-state index in [1.165, 1.54) is 7.05 Å². The van der Waals surface area contributed by atoms with E-state index in [1.807, 2.05) is 0 Å². The molecule has 9 N–H and O–H groups in total. The maximum atomic E-state index is 12.6. The predicted octanol–water partition coefficient (Wildman–Crippen LogP) is 0.222. The van der Waals surface area contributed by atoms with Crippen molar-refractivity contribution >= 4 is 0 Å². The van der Waals surface area contributed by atoms with Crippen molar-refractivity contribution in [2.45, 2.75) is 12.7 Å². The molecule has 0 spiro atoms. The lowest BCUT2D eigenvalue weighted by Crippen LogP contribution is -2.23. The van der Waals surface area contributed by atoms with Crippen molar-refractivity contribution in [3.8, 4) is 0 Å². The Morgan fingerprint density at radius 2 is 1.74 bits per heavy atom. The number of hydrogen-bond donors (Lipinski definition) is 6. The fraction of sp³-hybridized carbons (Fsp3) is 0.333. The van der Waals surface area contributed by atoms with Gasteiger partial charge in [-0.15, -0.1) is 0 Å². The number of hydrogen-bond acceptors (Lipinski definition) is 6. The van der Waals surface area contributed by atoms with Crippen LogP contribution in [0, 0.1) is 5.82 Å². The molecule has 0 radical (unpaired) electrons. The molecule has 6 nitrogen and oxygen atoms in total. The van der Waals surface area contributed by atoms with Gasteiger partial charge in [0.15, 0.2) is 0 Å². The minimum atomic E-state index is -4.56. The van der Waals surface area contributed by atoms with Gasteiger partial charge in [0, 0.05) is 13.6 Å². The molecule has 0 unspecified atom stereocenters. The second-order valence-corrected chi connectivity index (χ2v) is 2.90. The average Bonchev–Trinajstić information content (AvgIpc) is 2.34. The molecule has 0 bridgehead atoms. The molecule has 10 heteroatoms. The quantitative estimate of drug-likeness (QED) is 0.263.